The van der Waals surface area contributed by atoms with Gasteiger partial charge in [-0.1, -0.05) is 24.3 Å². The van der Waals surface area contributed by atoms with Crippen molar-refractivity contribution >= 4 is 21.9 Å². The molecule has 1 aliphatic heterocycles. The van der Waals surface area contributed by atoms with E-state index >= 15 is 0 Å². The maximum atomic E-state index is 11.8. The van der Waals surface area contributed by atoms with Gasteiger partial charge in [0.2, 0.25) is 0 Å². The van der Waals surface area contributed by atoms with Gasteiger partial charge in [0, 0.05) is 32.1 Å². The summed E-state index contributed by atoms with van der Waals surface area (Å²) in [5, 5.41) is 12.5. The fourth-order valence-electron chi connectivity index (χ4n) is 3.54. The minimum absolute atomic E-state index is 0.374. The molecule has 0 spiro atoms. The molecule has 0 bridgehead atoms. The van der Waals surface area contributed by atoms with Crippen molar-refractivity contribution in [2.24, 2.45) is 7.05 Å². The number of oxazole rings is 1. The highest BCUT2D eigenvalue weighted by Gasteiger charge is 2.17. The summed E-state index contributed by atoms with van der Waals surface area (Å²) in [6.07, 6.45) is 0.107. The Labute approximate surface area is 145 Å². The quantitative estimate of drug-likeness (QED) is 0.786. The van der Waals surface area contributed by atoms with Crippen molar-refractivity contribution in [3.05, 3.63) is 46.4 Å². The average molecular weight is 342 g/mol. The number of aromatic nitrogens is 1. The molecule has 1 atom stereocenters. The molecule has 1 aromatic heterocycles. The van der Waals surface area contributed by atoms with Gasteiger partial charge in [0.05, 0.1) is 24.8 Å². The highest BCUT2D eigenvalue weighted by atomic mass is 16.5. The van der Waals surface area contributed by atoms with Crippen molar-refractivity contribution in [1.29, 1.82) is 0 Å². The molecule has 1 saturated heterocycles. The van der Waals surface area contributed by atoms with Crippen LogP contribution >= 0.6 is 0 Å². The van der Waals surface area contributed by atoms with Crippen LogP contribution in [0.3, 0.4) is 0 Å². The first-order valence-corrected chi connectivity index (χ1v) is 8.64. The highest BCUT2D eigenvalue weighted by molar-refractivity contribution is 6.04. The normalized spacial score (nSPS) is 17.4. The first kappa shape index (κ1) is 16.3. The molecule has 2 heterocycles. The van der Waals surface area contributed by atoms with Crippen molar-refractivity contribution in [2.45, 2.75) is 12.5 Å². The number of fused-ring (bicyclic) bond motifs is 3. The van der Waals surface area contributed by atoms with Crippen LogP contribution in [0.2, 0.25) is 0 Å². The maximum absolute atomic E-state index is 11.8. The standard InChI is InChI=1S/C19H22N2O4/c1-20-16-6-5-13-14(3-2-4-15(13)18(16)25-19(20)23)17(22)7-8-21-9-11-24-12-10-21/h2-6,17,22H,7-12H2,1H3. The highest BCUT2D eigenvalue weighted by Crippen LogP contribution is 2.31. The Hall–Kier alpha value is -2.15. The molecule has 1 fully saturated rings. The minimum atomic E-state index is -0.556. The van der Waals surface area contributed by atoms with Crippen LogP contribution in [0.5, 0.6) is 0 Å². The SMILES string of the molecule is Cn1c(=O)oc2c3cccc(C(O)CCN4CCOCC4)c3ccc21. The number of aliphatic hydroxyl groups excluding tert-OH is 1. The smallest absolute Gasteiger partial charge is 0.407 e. The zero-order valence-electron chi connectivity index (χ0n) is 14.3. The van der Waals surface area contributed by atoms with E-state index in [1.165, 1.54) is 4.57 Å². The monoisotopic (exact) mass is 342 g/mol. The van der Waals surface area contributed by atoms with E-state index in [1.807, 2.05) is 30.3 Å². The van der Waals surface area contributed by atoms with E-state index in [9.17, 15) is 9.90 Å². The molecule has 132 valence electrons. The van der Waals surface area contributed by atoms with Gasteiger partial charge in [0.25, 0.3) is 0 Å². The minimum Gasteiger partial charge on any atom is -0.407 e. The second kappa shape index (κ2) is 6.63. The molecule has 6 nitrogen and oxygen atoms in total. The third-order valence-corrected chi connectivity index (χ3v) is 5.03. The summed E-state index contributed by atoms with van der Waals surface area (Å²) in [7, 11) is 1.70. The van der Waals surface area contributed by atoms with Crippen LogP contribution in [0, 0.1) is 0 Å². The topological polar surface area (TPSA) is 67.8 Å². The van der Waals surface area contributed by atoms with Gasteiger partial charge in [-0.25, -0.2) is 4.79 Å². The molecule has 1 N–H and O–H groups in total. The third kappa shape index (κ3) is 2.97. The molecule has 0 radical (unpaired) electrons. The molecule has 1 aliphatic rings. The third-order valence-electron chi connectivity index (χ3n) is 5.03. The van der Waals surface area contributed by atoms with Crippen molar-refractivity contribution in [1.82, 2.24) is 9.47 Å². The summed E-state index contributed by atoms with van der Waals surface area (Å²) in [5.41, 5.74) is 2.21. The van der Waals surface area contributed by atoms with E-state index in [4.69, 9.17) is 9.15 Å². The molecule has 0 saturated carbocycles. The number of aryl methyl sites for hydroxylation is 1. The lowest BCUT2D eigenvalue weighted by Crippen LogP contribution is -2.37. The van der Waals surface area contributed by atoms with E-state index in [0.29, 0.717) is 12.0 Å². The Kier molecular flexibility index (Phi) is 4.33. The number of morpholine rings is 1. The molecule has 2 aromatic carbocycles. The van der Waals surface area contributed by atoms with E-state index < -0.39 is 6.10 Å². The molecule has 3 aromatic rings. The van der Waals surface area contributed by atoms with Crippen LogP contribution in [-0.4, -0.2) is 47.4 Å². The Bertz CT molecular complexity index is 953. The van der Waals surface area contributed by atoms with Gasteiger partial charge in [0.1, 0.15) is 0 Å². The first-order chi connectivity index (χ1) is 12.1. The predicted octanol–water partition coefficient (Wildman–Crippen LogP) is 2.04. The Morgan fingerprint density at radius 2 is 1.96 bits per heavy atom. The molecular formula is C19H22N2O4. The Balaban J connectivity index is 1.66. The van der Waals surface area contributed by atoms with Crippen molar-refractivity contribution in [2.75, 3.05) is 32.8 Å². The number of ether oxygens (including phenoxy) is 1. The van der Waals surface area contributed by atoms with Crippen LogP contribution in [0.25, 0.3) is 21.9 Å². The largest absolute Gasteiger partial charge is 0.419 e. The summed E-state index contributed by atoms with van der Waals surface area (Å²) in [5.74, 6) is -0.374. The second-order valence-electron chi connectivity index (χ2n) is 6.54. The van der Waals surface area contributed by atoms with Crippen LogP contribution in [0.4, 0.5) is 0 Å². The fourth-order valence-corrected chi connectivity index (χ4v) is 3.54. The second-order valence-corrected chi connectivity index (χ2v) is 6.54. The summed E-state index contributed by atoms with van der Waals surface area (Å²) in [4.78, 5) is 14.1. The Morgan fingerprint density at radius 1 is 1.16 bits per heavy atom. The Morgan fingerprint density at radius 3 is 2.76 bits per heavy atom. The van der Waals surface area contributed by atoms with E-state index in [2.05, 4.69) is 4.90 Å². The molecule has 25 heavy (non-hydrogen) atoms. The average Bonchev–Trinajstić information content (AvgIpc) is 2.95. The van der Waals surface area contributed by atoms with Crippen LogP contribution < -0.4 is 5.76 Å². The summed E-state index contributed by atoms with van der Waals surface area (Å²) in [6.45, 7) is 4.18. The van der Waals surface area contributed by atoms with Crippen LogP contribution in [0.15, 0.2) is 39.5 Å². The summed E-state index contributed by atoms with van der Waals surface area (Å²) < 4.78 is 12.3. The van der Waals surface area contributed by atoms with E-state index in [1.54, 1.807) is 7.05 Å². The van der Waals surface area contributed by atoms with E-state index in [0.717, 1.165) is 54.7 Å². The van der Waals surface area contributed by atoms with Crippen molar-refractivity contribution in [3.8, 4) is 0 Å². The molecule has 1 unspecified atom stereocenters. The van der Waals surface area contributed by atoms with Crippen LogP contribution in [0.1, 0.15) is 18.1 Å². The van der Waals surface area contributed by atoms with Gasteiger partial charge >= 0.3 is 5.76 Å². The fraction of sp³-hybridized carbons (Fsp3) is 0.421. The van der Waals surface area contributed by atoms with Gasteiger partial charge in [-0.3, -0.25) is 9.47 Å². The lowest BCUT2D eigenvalue weighted by atomic mass is 9.98. The molecule has 0 amide bonds. The number of aliphatic hydroxyl groups is 1. The lowest BCUT2D eigenvalue weighted by Gasteiger charge is -2.27. The van der Waals surface area contributed by atoms with Gasteiger partial charge in [-0.05, 0) is 23.4 Å². The predicted molar refractivity (Wildman–Crippen MR) is 95.8 cm³/mol. The maximum Gasteiger partial charge on any atom is 0.419 e. The van der Waals surface area contributed by atoms with Gasteiger partial charge in [0.15, 0.2) is 5.58 Å². The van der Waals surface area contributed by atoms with Gasteiger partial charge in [-0.2, -0.15) is 0 Å². The molecule has 0 aliphatic carbocycles. The lowest BCUT2D eigenvalue weighted by molar-refractivity contribution is 0.0301. The van der Waals surface area contributed by atoms with Gasteiger partial charge < -0.3 is 14.3 Å². The number of hydrogen-bond acceptors (Lipinski definition) is 5. The molecular weight excluding hydrogens is 320 g/mol. The summed E-state index contributed by atoms with van der Waals surface area (Å²) in [6, 6.07) is 9.61. The number of rotatable bonds is 4. The van der Waals surface area contributed by atoms with Crippen molar-refractivity contribution < 1.29 is 14.3 Å². The van der Waals surface area contributed by atoms with E-state index in [-0.39, 0.29) is 5.76 Å². The number of nitrogens with zero attached hydrogens (tertiary/aromatic N) is 2. The summed E-state index contributed by atoms with van der Waals surface area (Å²) >= 11 is 0. The van der Waals surface area contributed by atoms with Crippen molar-refractivity contribution in [3.63, 3.8) is 0 Å². The molecule has 6 heteroatoms. The zero-order chi connectivity index (χ0) is 17.4. The first-order valence-electron chi connectivity index (χ1n) is 8.64. The molecule has 4 rings (SSSR count). The van der Waals surface area contributed by atoms with Crippen LogP contribution in [-0.2, 0) is 11.8 Å². The zero-order valence-corrected chi connectivity index (χ0v) is 14.3. The van der Waals surface area contributed by atoms with Gasteiger partial charge in [-0.15, -0.1) is 0 Å². The number of hydrogen-bond donors (Lipinski definition) is 1. The number of benzene rings is 2.